The molecule has 1 aliphatic rings. The summed E-state index contributed by atoms with van der Waals surface area (Å²) in [6.45, 7) is 1.26. The molecule has 2 rings (SSSR count). The van der Waals surface area contributed by atoms with Crippen molar-refractivity contribution in [1.29, 1.82) is 5.26 Å². The first kappa shape index (κ1) is 14.4. The zero-order valence-electron chi connectivity index (χ0n) is 10.6. The number of hydrogen-bond acceptors (Lipinski definition) is 4. The maximum atomic E-state index is 12.3. The number of likely N-dealkylation sites (tertiary alicyclic amines) is 1. The summed E-state index contributed by atoms with van der Waals surface area (Å²) >= 11 is 4.84. The minimum Gasteiger partial charge on any atom is -0.338 e. The number of halogens is 1. The Bertz CT molecular complexity index is 504. The Morgan fingerprint density at radius 1 is 1.53 bits per heavy atom. The van der Waals surface area contributed by atoms with Crippen molar-refractivity contribution in [3.8, 4) is 6.07 Å². The second-order valence-electron chi connectivity index (χ2n) is 4.47. The van der Waals surface area contributed by atoms with Crippen molar-refractivity contribution in [2.75, 3.05) is 19.3 Å². The van der Waals surface area contributed by atoms with Gasteiger partial charge in [-0.3, -0.25) is 4.79 Å². The minimum atomic E-state index is -0.325. The largest absolute Gasteiger partial charge is 0.338 e. The quantitative estimate of drug-likeness (QED) is 0.777. The van der Waals surface area contributed by atoms with Gasteiger partial charge in [0.2, 0.25) is 0 Å². The van der Waals surface area contributed by atoms with E-state index in [1.165, 1.54) is 0 Å². The maximum Gasteiger partial charge on any atom is 0.255 e. The number of nitrogens with zero attached hydrogens (tertiary/aromatic N) is 3. The number of amides is 1. The van der Waals surface area contributed by atoms with Crippen molar-refractivity contribution >= 4 is 33.6 Å². The molecule has 0 radical (unpaired) electrons. The first-order valence-electron chi connectivity index (χ1n) is 5.97. The van der Waals surface area contributed by atoms with Gasteiger partial charge in [-0.25, -0.2) is 4.98 Å². The molecule has 0 bridgehead atoms. The molecule has 0 saturated carbocycles. The molecule has 100 valence electrons. The number of aromatic nitrogens is 1. The van der Waals surface area contributed by atoms with Crippen molar-refractivity contribution in [3.05, 3.63) is 28.5 Å². The van der Waals surface area contributed by atoms with E-state index in [9.17, 15) is 10.1 Å². The number of piperidine rings is 1. The molecule has 0 N–H and O–H groups in total. The standard InChI is InChI=1S/C13H14BrN3OS/c1-19-13(9-15)4-6-17(7-5-13)12(18)10-2-3-11(14)16-8-10/h2-3,8H,4-7H2,1H3. The van der Waals surface area contributed by atoms with E-state index >= 15 is 0 Å². The third-order valence-corrected chi connectivity index (χ3v) is 5.18. The van der Waals surface area contributed by atoms with Gasteiger partial charge in [0, 0.05) is 19.3 Å². The second-order valence-corrected chi connectivity index (χ2v) is 6.47. The molecule has 0 unspecified atom stereocenters. The van der Waals surface area contributed by atoms with Gasteiger partial charge in [0.15, 0.2) is 0 Å². The normalized spacial score (nSPS) is 17.8. The van der Waals surface area contributed by atoms with E-state index in [0.29, 0.717) is 23.3 Å². The lowest BCUT2D eigenvalue weighted by molar-refractivity contribution is 0.0716. The zero-order chi connectivity index (χ0) is 13.9. The number of rotatable bonds is 2. The highest BCUT2D eigenvalue weighted by molar-refractivity contribution is 9.10. The Morgan fingerprint density at radius 2 is 2.21 bits per heavy atom. The van der Waals surface area contributed by atoms with Crippen LogP contribution in [0.15, 0.2) is 22.9 Å². The van der Waals surface area contributed by atoms with E-state index in [1.54, 1.807) is 35.0 Å². The van der Waals surface area contributed by atoms with Crippen molar-refractivity contribution in [2.45, 2.75) is 17.6 Å². The third kappa shape index (κ3) is 3.10. The molecular weight excluding hydrogens is 326 g/mol. The van der Waals surface area contributed by atoms with Crippen molar-refractivity contribution < 1.29 is 4.79 Å². The number of thioether (sulfide) groups is 1. The van der Waals surface area contributed by atoms with Crippen LogP contribution in [-0.2, 0) is 0 Å². The van der Waals surface area contributed by atoms with Crippen LogP contribution in [-0.4, -0.2) is 39.9 Å². The highest BCUT2D eigenvalue weighted by Crippen LogP contribution is 2.34. The Balaban J connectivity index is 2.04. The first-order chi connectivity index (χ1) is 9.10. The summed E-state index contributed by atoms with van der Waals surface area (Å²) in [5, 5.41) is 9.22. The predicted octanol–water partition coefficient (Wildman–Crippen LogP) is 2.71. The average Bonchev–Trinajstić information content (AvgIpc) is 2.47. The van der Waals surface area contributed by atoms with E-state index in [2.05, 4.69) is 27.0 Å². The fourth-order valence-electron chi connectivity index (χ4n) is 2.12. The Morgan fingerprint density at radius 3 is 2.68 bits per heavy atom. The lowest BCUT2D eigenvalue weighted by Gasteiger charge is -2.36. The molecule has 0 aliphatic carbocycles. The lowest BCUT2D eigenvalue weighted by atomic mass is 9.97. The van der Waals surface area contributed by atoms with Crippen LogP contribution in [0.5, 0.6) is 0 Å². The van der Waals surface area contributed by atoms with Gasteiger partial charge >= 0.3 is 0 Å². The van der Waals surface area contributed by atoms with Crippen LogP contribution in [0, 0.1) is 11.3 Å². The molecule has 6 heteroatoms. The fraction of sp³-hybridized carbons (Fsp3) is 0.462. The summed E-state index contributed by atoms with van der Waals surface area (Å²) in [5.41, 5.74) is 0.594. The first-order valence-corrected chi connectivity index (χ1v) is 7.99. The lowest BCUT2D eigenvalue weighted by Crippen LogP contribution is -2.44. The van der Waals surface area contributed by atoms with Gasteiger partial charge in [0.05, 0.1) is 11.6 Å². The van der Waals surface area contributed by atoms with E-state index in [1.807, 2.05) is 6.26 Å². The second kappa shape index (κ2) is 5.93. The highest BCUT2D eigenvalue weighted by Gasteiger charge is 2.35. The molecule has 4 nitrogen and oxygen atoms in total. The van der Waals surface area contributed by atoms with E-state index in [4.69, 9.17) is 0 Å². The topological polar surface area (TPSA) is 57.0 Å². The van der Waals surface area contributed by atoms with Gasteiger partial charge in [0.25, 0.3) is 5.91 Å². The smallest absolute Gasteiger partial charge is 0.255 e. The van der Waals surface area contributed by atoms with Crippen molar-refractivity contribution in [1.82, 2.24) is 9.88 Å². The monoisotopic (exact) mass is 339 g/mol. The minimum absolute atomic E-state index is 0.00681. The summed E-state index contributed by atoms with van der Waals surface area (Å²) in [5.74, 6) is -0.00681. The summed E-state index contributed by atoms with van der Waals surface area (Å²) in [6.07, 6.45) is 4.98. The van der Waals surface area contributed by atoms with Crippen LogP contribution in [0.3, 0.4) is 0 Å². The molecule has 1 saturated heterocycles. The fourth-order valence-corrected chi connectivity index (χ4v) is 3.03. The number of carbonyl (C=O) groups excluding carboxylic acids is 1. The molecule has 0 aromatic carbocycles. The van der Waals surface area contributed by atoms with Crippen LogP contribution in [0.2, 0.25) is 0 Å². The number of carbonyl (C=O) groups is 1. The molecule has 1 aromatic heterocycles. The third-order valence-electron chi connectivity index (χ3n) is 3.43. The van der Waals surface area contributed by atoms with Crippen LogP contribution >= 0.6 is 27.7 Å². The van der Waals surface area contributed by atoms with E-state index in [0.717, 1.165) is 12.8 Å². The molecule has 19 heavy (non-hydrogen) atoms. The number of pyridine rings is 1. The SMILES string of the molecule is CSC1(C#N)CCN(C(=O)c2ccc(Br)nc2)CC1. The van der Waals surface area contributed by atoms with Gasteiger partial charge in [-0.2, -0.15) is 5.26 Å². The van der Waals surface area contributed by atoms with Gasteiger partial charge in [0.1, 0.15) is 9.35 Å². The van der Waals surface area contributed by atoms with Crippen LogP contribution in [0.4, 0.5) is 0 Å². The Labute approximate surface area is 125 Å². The number of nitriles is 1. The van der Waals surface area contributed by atoms with Crippen molar-refractivity contribution in [2.24, 2.45) is 0 Å². The van der Waals surface area contributed by atoms with Crippen LogP contribution in [0.1, 0.15) is 23.2 Å². The van der Waals surface area contributed by atoms with Crippen LogP contribution in [0.25, 0.3) is 0 Å². The summed E-state index contributed by atoms with van der Waals surface area (Å²) in [6, 6.07) is 5.91. The zero-order valence-corrected chi connectivity index (χ0v) is 13.0. The maximum absolute atomic E-state index is 12.3. The van der Waals surface area contributed by atoms with Crippen molar-refractivity contribution in [3.63, 3.8) is 0 Å². The van der Waals surface area contributed by atoms with Crippen LogP contribution < -0.4 is 0 Å². The summed E-state index contributed by atoms with van der Waals surface area (Å²) in [4.78, 5) is 18.2. The summed E-state index contributed by atoms with van der Waals surface area (Å²) < 4.78 is 0.392. The molecule has 2 heterocycles. The van der Waals surface area contributed by atoms with E-state index < -0.39 is 0 Å². The number of hydrogen-bond donors (Lipinski definition) is 0. The van der Waals surface area contributed by atoms with Gasteiger partial charge in [-0.15, -0.1) is 11.8 Å². The highest BCUT2D eigenvalue weighted by atomic mass is 79.9. The van der Waals surface area contributed by atoms with Gasteiger partial charge < -0.3 is 4.90 Å². The summed E-state index contributed by atoms with van der Waals surface area (Å²) in [7, 11) is 0. The molecule has 1 fully saturated rings. The Kier molecular flexibility index (Phi) is 4.48. The van der Waals surface area contributed by atoms with Gasteiger partial charge in [-0.1, -0.05) is 0 Å². The van der Waals surface area contributed by atoms with E-state index in [-0.39, 0.29) is 10.7 Å². The molecule has 1 amide bonds. The molecule has 1 aliphatic heterocycles. The molecule has 1 aromatic rings. The average molecular weight is 340 g/mol. The molecular formula is C13H14BrN3OS. The Hall–Kier alpha value is -1.06. The molecule has 0 spiro atoms. The molecule has 0 atom stereocenters. The van der Waals surface area contributed by atoms with Gasteiger partial charge in [-0.05, 0) is 47.2 Å². The predicted molar refractivity (Wildman–Crippen MR) is 78.9 cm³/mol.